The lowest BCUT2D eigenvalue weighted by Gasteiger charge is -2.38. The van der Waals surface area contributed by atoms with Crippen LogP contribution in [0.1, 0.15) is 60.8 Å². The first-order chi connectivity index (χ1) is 12.6. The molecule has 0 unspecified atom stereocenters. The summed E-state index contributed by atoms with van der Waals surface area (Å²) in [6.45, 7) is 5.35. The fourth-order valence-corrected chi connectivity index (χ4v) is 4.51. The van der Waals surface area contributed by atoms with E-state index in [1.165, 1.54) is 24.8 Å². The van der Waals surface area contributed by atoms with Crippen LogP contribution in [0, 0.1) is 11.8 Å². The van der Waals surface area contributed by atoms with Crippen LogP contribution in [0.25, 0.3) is 0 Å². The summed E-state index contributed by atoms with van der Waals surface area (Å²) in [5.74, 6) is 1.50. The van der Waals surface area contributed by atoms with Gasteiger partial charge < -0.3 is 4.90 Å². The maximum absolute atomic E-state index is 13.1. The van der Waals surface area contributed by atoms with Crippen molar-refractivity contribution < 1.29 is 4.79 Å². The van der Waals surface area contributed by atoms with Gasteiger partial charge in [-0.1, -0.05) is 75.2 Å². The maximum Gasteiger partial charge on any atom is 0.256 e. The van der Waals surface area contributed by atoms with Crippen molar-refractivity contribution in [2.24, 2.45) is 11.8 Å². The fraction of sp³-hybridized carbons (Fsp3) is 0.435. The molecule has 0 radical (unpaired) electrons. The van der Waals surface area contributed by atoms with E-state index in [4.69, 9.17) is 0 Å². The molecule has 1 fully saturated rings. The van der Waals surface area contributed by atoms with Gasteiger partial charge in [0.05, 0.1) is 0 Å². The molecular weight excluding hydrogens is 320 g/mol. The molecule has 0 saturated heterocycles. The van der Waals surface area contributed by atoms with Gasteiger partial charge in [0, 0.05) is 23.7 Å². The number of hydrogen-bond donors (Lipinski definition) is 1. The van der Waals surface area contributed by atoms with Crippen molar-refractivity contribution in [3.63, 3.8) is 0 Å². The predicted octanol–water partition coefficient (Wildman–Crippen LogP) is 4.76. The minimum absolute atomic E-state index is 0.0309. The van der Waals surface area contributed by atoms with Crippen molar-refractivity contribution in [1.82, 2.24) is 10.2 Å². The Bertz CT molecular complexity index is 773. The van der Waals surface area contributed by atoms with Crippen LogP contribution in [-0.4, -0.2) is 16.8 Å². The van der Waals surface area contributed by atoms with Crippen molar-refractivity contribution in [3.05, 3.63) is 71.3 Å². The molecule has 0 spiro atoms. The van der Waals surface area contributed by atoms with E-state index >= 15 is 0 Å². The molecule has 4 atom stereocenters. The van der Waals surface area contributed by atoms with E-state index in [9.17, 15) is 4.79 Å². The number of hydrogen-bond acceptors (Lipinski definition) is 2. The Morgan fingerprint density at radius 3 is 2.54 bits per heavy atom. The van der Waals surface area contributed by atoms with E-state index in [1.807, 2.05) is 41.3 Å². The number of nitrogens with zero attached hydrogens (tertiary/aromatic N) is 1. The molecule has 0 bridgehead atoms. The van der Waals surface area contributed by atoms with Gasteiger partial charge in [-0.15, -0.1) is 0 Å². The fourth-order valence-electron chi connectivity index (χ4n) is 4.51. The Morgan fingerprint density at radius 1 is 1.00 bits per heavy atom. The summed E-state index contributed by atoms with van der Waals surface area (Å²) in [4.78, 5) is 15.1. The van der Waals surface area contributed by atoms with Gasteiger partial charge in [0.25, 0.3) is 5.91 Å². The van der Waals surface area contributed by atoms with E-state index in [2.05, 4.69) is 37.4 Å². The highest BCUT2D eigenvalue weighted by Gasteiger charge is 2.39. The second-order valence-electron chi connectivity index (χ2n) is 7.95. The minimum atomic E-state index is -0.0309. The molecule has 1 heterocycles. The van der Waals surface area contributed by atoms with Crippen LogP contribution in [0.3, 0.4) is 0 Å². The third kappa shape index (κ3) is 3.16. The number of rotatable bonds is 4. The molecule has 1 N–H and O–H groups in total. The lowest BCUT2D eigenvalue weighted by atomic mass is 9.78. The van der Waals surface area contributed by atoms with Crippen LogP contribution in [0.15, 0.2) is 54.6 Å². The number of benzene rings is 2. The molecule has 1 aliphatic carbocycles. The van der Waals surface area contributed by atoms with Gasteiger partial charge in [-0.05, 0) is 29.9 Å². The Labute approximate surface area is 156 Å². The molecule has 0 aromatic heterocycles. The highest BCUT2D eigenvalue weighted by Crippen LogP contribution is 2.36. The minimum Gasteiger partial charge on any atom is -0.315 e. The zero-order chi connectivity index (χ0) is 18.1. The van der Waals surface area contributed by atoms with Crippen LogP contribution in [0.2, 0.25) is 0 Å². The molecule has 2 aromatic rings. The highest BCUT2D eigenvalue weighted by atomic mass is 16.2. The number of nitrogens with one attached hydrogen (secondary N) is 1. The second kappa shape index (κ2) is 7.24. The lowest BCUT2D eigenvalue weighted by Crippen LogP contribution is -2.46. The molecule has 3 nitrogen and oxygen atoms in total. The first-order valence-electron chi connectivity index (χ1n) is 9.85. The van der Waals surface area contributed by atoms with E-state index in [1.54, 1.807) is 0 Å². The Hall–Kier alpha value is -2.13. The normalized spacial score (nSPS) is 28.2. The molecule has 136 valence electrons. The van der Waals surface area contributed by atoms with Gasteiger partial charge >= 0.3 is 0 Å². The first kappa shape index (κ1) is 17.3. The van der Waals surface area contributed by atoms with Gasteiger partial charge in [0.1, 0.15) is 6.17 Å². The summed E-state index contributed by atoms with van der Waals surface area (Å²) in [6.07, 6.45) is 3.74. The summed E-state index contributed by atoms with van der Waals surface area (Å²) < 4.78 is 0. The Balaban J connectivity index is 1.62. The highest BCUT2D eigenvalue weighted by molar-refractivity contribution is 5.99. The monoisotopic (exact) mass is 348 g/mol. The number of carbonyl (C=O) groups excluding carboxylic acids is 1. The summed E-state index contributed by atoms with van der Waals surface area (Å²) >= 11 is 0. The second-order valence-corrected chi connectivity index (χ2v) is 7.95. The van der Waals surface area contributed by atoms with E-state index in [-0.39, 0.29) is 12.1 Å². The third-order valence-corrected chi connectivity index (χ3v) is 6.33. The van der Waals surface area contributed by atoms with Gasteiger partial charge in [-0.2, -0.15) is 0 Å². The summed E-state index contributed by atoms with van der Waals surface area (Å²) in [6, 6.07) is 18.8. The molecule has 4 rings (SSSR count). The van der Waals surface area contributed by atoms with Crippen molar-refractivity contribution in [1.29, 1.82) is 0 Å². The smallest absolute Gasteiger partial charge is 0.256 e. The Morgan fingerprint density at radius 2 is 1.73 bits per heavy atom. The zero-order valence-corrected chi connectivity index (χ0v) is 15.7. The van der Waals surface area contributed by atoms with Crippen molar-refractivity contribution in [3.8, 4) is 0 Å². The topological polar surface area (TPSA) is 32.3 Å². The average Bonchev–Trinajstić information content (AvgIpc) is 2.92. The van der Waals surface area contributed by atoms with Crippen molar-refractivity contribution in [2.75, 3.05) is 0 Å². The first-order valence-corrected chi connectivity index (χ1v) is 9.85. The molecule has 26 heavy (non-hydrogen) atoms. The molecule has 2 aliphatic rings. The summed E-state index contributed by atoms with van der Waals surface area (Å²) in [5, 5.41) is 3.86. The molecule has 1 amide bonds. The van der Waals surface area contributed by atoms with Crippen LogP contribution < -0.4 is 5.32 Å². The van der Waals surface area contributed by atoms with Crippen LogP contribution in [0.4, 0.5) is 0 Å². The molecule has 1 aliphatic heterocycles. The van der Waals surface area contributed by atoms with Gasteiger partial charge in [0.2, 0.25) is 0 Å². The number of fused-ring (bicyclic) bond motifs is 1. The SMILES string of the molecule is C[C@@H]1[C@@H](C)CCC[C@H]1N[C@@H]1c2ccccc2C(=O)N1Cc1ccccc1. The summed E-state index contributed by atoms with van der Waals surface area (Å²) in [5.41, 5.74) is 3.14. The average molecular weight is 348 g/mol. The lowest BCUT2D eigenvalue weighted by molar-refractivity contribution is 0.0623. The molecule has 1 saturated carbocycles. The predicted molar refractivity (Wildman–Crippen MR) is 105 cm³/mol. The molecule has 3 heteroatoms. The van der Waals surface area contributed by atoms with Crippen molar-refractivity contribution in [2.45, 2.75) is 51.9 Å². The maximum atomic E-state index is 13.1. The van der Waals surface area contributed by atoms with Crippen LogP contribution in [-0.2, 0) is 6.54 Å². The van der Waals surface area contributed by atoms with Gasteiger partial charge in [-0.3, -0.25) is 10.1 Å². The standard InChI is InChI=1S/C23H28N2O/c1-16-9-8-14-21(17(16)2)24-22-19-12-6-7-13-20(19)23(26)25(22)15-18-10-4-3-5-11-18/h3-7,10-13,16-17,21-22,24H,8-9,14-15H2,1-2H3/t16-,17+,21+,22-/m0/s1. The number of carbonyl (C=O) groups is 1. The van der Waals surface area contributed by atoms with Gasteiger partial charge in [0.15, 0.2) is 0 Å². The van der Waals surface area contributed by atoms with Crippen LogP contribution in [0.5, 0.6) is 0 Å². The number of amides is 1. The van der Waals surface area contributed by atoms with Gasteiger partial charge in [-0.25, -0.2) is 0 Å². The van der Waals surface area contributed by atoms with E-state index in [0.29, 0.717) is 18.5 Å². The van der Waals surface area contributed by atoms with Crippen molar-refractivity contribution >= 4 is 5.91 Å². The largest absolute Gasteiger partial charge is 0.315 e. The molecular formula is C23H28N2O. The summed E-state index contributed by atoms with van der Waals surface area (Å²) in [7, 11) is 0. The van der Waals surface area contributed by atoms with Crippen LogP contribution >= 0.6 is 0 Å². The van der Waals surface area contributed by atoms with E-state index in [0.717, 1.165) is 17.0 Å². The zero-order valence-electron chi connectivity index (χ0n) is 15.7. The quantitative estimate of drug-likeness (QED) is 0.864. The van der Waals surface area contributed by atoms with E-state index < -0.39 is 0 Å². The third-order valence-electron chi connectivity index (χ3n) is 6.33. The molecule has 2 aromatic carbocycles. The Kier molecular flexibility index (Phi) is 4.82.